The van der Waals surface area contributed by atoms with Crippen LogP contribution in [0.4, 0.5) is 10.2 Å². The molecule has 0 aliphatic carbocycles. The van der Waals surface area contributed by atoms with Crippen molar-refractivity contribution in [2.24, 2.45) is 5.84 Å². The highest BCUT2D eigenvalue weighted by Gasteiger charge is 2.15. The summed E-state index contributed by atoms with van der Waals surface area (Å²) in [6, 6.07) is 1.27. The Morgan fingerprint density at radius 2 is 2.35 bits per heavy atom. The number of carbonyl (C=O) groups excluding carboxylic acids is 1. The summed E-state index contributed by atoms with van der Waals surface area (Å²) >= 11 is 0. The van der Waals surface area contributed by atoms with Gasteiger partial charge in [0.1, 0.15) is 0 Å². The zero-order valence-electron chi connectivity index (χ0n) is 10.7. The summed E-state index contributed by atoms with van der Waals surface area (Å²) in [7, 11) is 0. The molecule has 2 rings (SSSR count). The van der Waals surface area contributed by atoms with Gasteiger partial charge in [0.2, 0.25) is 5.89 Å². The molecule has 0 aliphatic rings. The number of carbonyl (C=O) groups is 1. The summed E-state index contributed by atoms with van der Waals surface area (Å²) in [5.41, 5.74) is 1.94. The average Bonchev–Trinajstić information content (AvgIpc) is 2.84. The largest absolute Gasteiger partial charge is 0.351 e. The van der Waals surface area contributed by atoms with E-state index in [4.69, 9.17) is 10.4 Å². The molecule has 20 heavy (non-hydrogen) atoms. The highest BCUT2D eigenvalue weighted by Crippen LogP contribution is 2.13. The third-order valence-corrected chi connectivity index (χ3v) is 2.47. The van der Waals surface area contributed by atoms with Gasteiger partial charge in [-0.3, -0.25) is 4.79 Å². The number of hydrogen-bond donors (Lipinski definition) is 3. The van der Waals surface area contributed by atoms with Gasteiger partial charge in [0.05, 0.1) is 5.56 Å². The number of amides is 1. The number of hydrazine groups is 1. The van der Waals surface area contributed by atoms with Gasteiger partial charge in [0.25, 0.3) is 5.91 Å². The molecule has 0 atom stereocenters. The number of nitrogens with zero attached hydrogens (tertiary/aromatic N) is 3. The molecule has 0 saturated heterocycles. The van der Waals surface area contributed by atoms with Gasteiger partial charge < -0.3 is 15.3 Å². The van der Waals surface area contributed by atoms with E-state index in [1.807, 2.05) is 0 Å². The second-order valence-corrected chi connectivity index (χ2v) is 3.90. The SMILES string of the molecule is Cc1nc(CCNC(=O)c2ccnc(NN)c2F)no1. The number of pyridine rings is 1. The molecule has 0 radical (unpaired) electrons. The van der Waals surface area contributed by atoms with Crippen LogP contribution in [0.3, 0.4) is 0 Å². The van der Waals surface area contributed by atoms with Crippen LogP contribution in [0.2, 0.25) is 0 Å². The molecular formula is C11H13FN6O2. The number of hydrogen-bond acceptors (Lipinski definition) is 7. The number of anilines is 1. The highest BCUT2D eigenvalue weighted by atomic mass is 19.1. The molecule has 2 aromatic heterocycles. The lowest BCUT2D eigenvalue weighted by Gasteiger charge is -2.07. The second-order valence-electron chi connectivity index (χ2n) is 3.90. The molecule has 0 aliphatic heterocycles. The third kappa shape index (κ3) is 3.06. The fourth-order valence-corrected chi connectivity index (χ4v) is 1.55. The maximum absolute atomic E-state index is 13.8. The minimum atomic E-state index is -0.803. The Balaban J connectivity index is 1.95. The lowest BCUT2D eigenvalue weighted by Crippen LogP contribution is -2.27. The zero-order chi connectivity index (χ0) is 14.5. The molecule has 4 N–H and O–H groups in total. The van der Waals surface area contributed by atoms with E-state index < -0.39 is 11.7 Å². The van der Waals surface area contributed by atoms with Crippen LogP contribution in [0.15, 0.2) is 16.8 Å². The molecule has 0 saturated carbocycles. The lowest BCUT2D eigenvalue weighted by atomic mass is 10.2. The van der Waals surface area contributed by atoms with Crippen molar-refractivity contribution in [2.45, 2.75) is 13.3 Å². The Morgan fingerprint density at radius 1 is 1.55 bits per heavy atom. The molecule has 2 heterocycles. The number of halogens is 1. The van der Waals surface area contributed by atoms with Gasteiger partial charge in [0, 0.05) is 26.1 Å². The van der Waals surface area contributed by atoms with E-state index in [0.717, 1.165) is 0 Å². The minimum absolute atomic E-state index is 0.141. The second kappa shape index (κ2) is 6.06. The van der Waals surface area contributed by atoms with Gasteiger partial charge in [-0.15, -0.1) is 0 Å². The Bertz CT molecular complexity index is 615. The Labute approximate surface area is 113 Å². The first-order valence-corrected chi connectivity index (χ1v) is 5.80. The van der Waals surface area contributed by atoms with Crippen molar-refractivity contribution in [3.05, 3.63) is 35.4 Å². The highest BCUT2D eigenvalue weighted by molar-refractivity contribution is 5.95. The van der Waals surface area contributed by atoms with Gasteiger partial charge in [-0.2, -0.15) is 4.98 Å². The van der Waals surface area contributed by atoms with Gasteiger partial charge >= 0.3 is 0 Å². The van der Waals surface area contributed by atoms with Crippen molar-refractivity contribution in [1.29, 1.82) is 0 Å². The van der Waals surface area contributed by atoms with Gasteiger partial charge in [-0.25, -0.2) is 15.2 Å². The maximum Gasteiger partial charge on any atom is 0.254 e. The van der Waals surface area contributed by atoms with Gasteiger partial charge in [0.15, 0.2) is 17.5 Å². The van der Waals surface area contributed by atoms with Crippen molar-refractivity contribution in [3.63, 3.8) is 0 Å². The van der Waals surface area contributed by atoms with Crippen LogP contribution in [0.25, 0.3) is 0 Å². The van der Waals surface area contributed by atoms with Gasteiger partial charge in [-0.05, 0) is 6.07 Å². The quantitative estimate of drug-likeness (QED) is 0.527. The molecule has 0 spiro atoms. The van der Waals surface area contributed by atoms with Crippen LogP contribution >= 0.6 is 0 Å². The topological polar surface area (TPSA) is 119 Å². The molecule has 8 nitrogen and oxygen atoms in total. The summed E-state index contributed by atoms with van der Waals surface area (Å²) in [5, 5.41) is 6.23. The van der Waals surface area contributed by atoms with Crippen molar-refractivity contribution < 1.29 is 13.7 Å². The lowest BCUT2D eigenvalue weighted by molar-refractivity contribution is 0.0950. The Hall–Kier alpha value is -2.55. The Kier molecular flexibility index (Phi) is 4.20. The van der Waals surface area contributed by atoms with E-state index in [9.17, 15) is 9.18 Å². The number of aromatic nitrogens is 3. The molecular weight excluding hydrogens is 267 g/mol. The average molecular weight is 280 g/mol. The summed E-state index contributed by atoms with van der Waals surface area (Å²) in [5.74, 6) is 4.45. The van der Waals surface area contributed by atoms with Crippen molar-refractivity contribution in [1.82, 2.24) is 20.4 Å². The molecule has 2 aromatic rings. The van der Waals surface area contributed by atoms with Crippen LogP contribution < -0.4 is 16.6 Å². The zero-order valence-corrected chi connectivity index (χ0v) is 10.7. The first-order valence-electron chi connectivity index (χ1n) is 5.80. The summed E-state index contributed by atoms with van der Waals surface area (Å²) in [6.07, 6.45) is 1.67. The van der Waals surface area contributed by atoms with E-state index in [0.29, 0.717) is 18.1 Å². The van der Waals surface area contributed by atoms with E-state index in [-0.39, 0.29) is 17.9 Å². The molecule has 1 amide bonds. The third-order valence-electron chi connectivity index (χ3n) is 2.47. The molecule has 0 bridgehead atoms. The van der Waals surface area contributed by atoms with Crippen molar-refractivity contribution in [3.8, 4) is 0 Å². The Morgan fingerprint density at radius 3 is 3.00 bits per heavy atom. The van der Waals surface area contributed by atoms with Crippen LogP contribution in [0.1, 0.15) is 22.1 Å². The summed E-state index contributed by atoms with van der Waals surface area (Å²) in [4.78, 5) is 19.4. The molecule has 0 unspecified atom stereocenters. The van der Waals surface area contributed by atoms with E-state index in [2.05, 4.69) is 25.9 Å². The summed E-state index contributed by atoms with van der Waals surface area (Å²) in [6.45, 7) is 1.92. The van der Waals surface area contributed by atoms with Crippen LogP contribution in [0, 0.1) is 12.7 Å². The van der Waals surface area contributed by atoms with Crippen molar-refractivity contribution >= 4 is 11.7 Å². The fraction of sp³-hybridized carbons (Fsp3) is 0.273. The van der Waals surface area contributed by atoms with Crippen LogP contribution in [-0.4, -0.2) is 27.6 Å². The molecule has 106 valence electrons. The smallest absolute Gasteiger partial charge is 0.254 e. The minimum Gasteiger partial charge on any atom is -0.351 e. The van der Waals surface area contributed by atoms with Gasteiger partial charge in [-0.1, -0.05) is 5.16 Å². The van der Waals surface area contributed by atoms with E-state index in [1.165, 1.54) is 12.3 Å². The molecule has 0 fully saturated rings. The standard InChI is InChI=1S/C11H13FN6O2/c1-6-16-8(18-20-6)3-5-15-11(19)7-2-4-14-10(17-13)9(7)12/h2,4H,3,5,13H2,1H3,(H,14,17)(H,15,19). The summed E-state index contributed by atoms with van der Waals surface area (Å²) < 4.78 is 18.6. The normalized spacial score (nSPS) is 10.3. The molecule has 9 heteroatoms. The fourth-order valence-electron chi connectivity index (χ4n) is 1.55. The van der Waals surface area contributed by atoms with Crippen molar-refractivity contribution in [2.75, 3.05) is 12.0 Å². The number of nitrogens with one attached hydrogen (secondary N) is 2. The van der Waals surface area contributed by atoms with Crippen LogP contribution in [0.5, 0.6) is 0 Å². The van der Waals surface area contributed by atoms with Crippen LogP contribution in [-0.2, 0) is 6.42 Å². The van der Waals surface area contributed by atoms with E-state index >= 15 is 0 Å². The number of rotatable bonds is 5. The number of nitrogens with two attached hydrogens (primary N) is 1. The first kappa shape index (κ1) is 13.9. The first-order chi connectivity index (χ1) is 9.61. The predicted molar refractivity (Wildman–Crippen MR) is 67.1 cm³/mol. The van der Waals surface area contributed by atoms with E-state index in [1.54, 1.807) is 6.92 Å². The monoisotopic (exact) mass is 280 g/mol. The number of nitrogen functional groups attached to an aromatic ring is 1. The number of aryl methyl sites for hydroxylation is 1. The maximum atomic E-state index is 13.8. The molecule has 0 aromatic carbocycles. The predicted octanol–water partition coefficient (Wildman–Crippen LogP) is 0.170.